The minimum Gasteiger partial charge on any atom is -0.454 e. The van der Waals surface area contributed by atoms with Gasteiger partial charge in [-0.05, 0) is 23.8 Å². The van der Waals surface area contributed by atoms with Crippen LogP contribution in [0.1, 0.15) is 32.1 Å². The summed E-state index contributed by atoms with van der Waals surface area (Å²) in [4.78, 5) is 88.0. The predicted octanol–water partition coefficient (Wildman–Crippen LogP) is 0.107. The van der Waals surface area contributed by atoms with E-state index in [2.05, 4.69) is 34.4 Å². The van der Waals surface area contributed by atoms with Crippen molar-refractivity contribution in [2.75, 3.05) is 44.6 Å². The van der Waals surface area contributed by atoms with Crippen LogP contribution in [0.5, 0.6) is 11.5 Å². The molecule has 10 N–H and O–H groups in total. The fourth-order valence-corrected chi connectivity index (χ4v) is 8.91. The van der Waals surface area contributed by atoms with Crippen LogP contribution < -0.4 is 25.8 Å². The standard InChI is InChI=1S/C31H42N7O19P3S/c1-31(2,26(42)29(43)34-8-7-21(39)33-9-10-61-22(40)6-4-17-3-5-18-19(11-17)52-16-51-18)13-54-60(49,50)57-59(47,48)53-12-20-25(56-58(44,45)46)24(41)30(55-20)38-15-37-23-27(32)35-14-36-28(23)38/h3-6,11,14-15,20,24-26,30,41-42H,7-10,12-13,16H2,1-2H3,(H,33,39)(H,34,43)(H,47,48)(H,49,50)(H2,32,35,36)(H2,44,45,46)/t20-,24-,25-,26?,30-/m1/s1. The van der Waals surface area contributed by atoms with Crippen molar-refractivity contribution in [1.29, 1.82) is 0 Å². The third-order valence-electron chi connectivity index (χ3n) is 8.55. The number of aliphatic hydroxyl groups is 2. The van der Waals surface area contributed by atoms with Crippen molar-refractivity contribution in [3.63, 3.8) is 0 Å². The number of imidazole rings is 1. The van der Waals surface area contributed by atoms with Gasteiger partial charge in [0.1, 0.15) is 36.3 Å². The summed E-state index contributed by atoms with van der Waals surface area (Å²) in [5.41, 5.74) is 4.98. The molecule has 3 aromatic rings. The highest BCUT2D eigenvalue weighted by molar-refractivity contribution is 8.14. The number of phosphoric acid groups is 3. The van der Waals surface area contributed by atoms with Crippen molar-refractivity contribution in [3.8, 4) is 11.5 Å². The van der Waals surface area contributed by atoms with E-state index in [-0.39, 0.29) is 54.2 Å². The van der Waals surface area contributed by atoms with Crippen LogP contribution in [0.25, 0.3) is 17.2 Å². The molecule has 30 heteroatoms. The summed E-state index contributed by atoms with van der Waals surface area (Å²) in [6.07, 6.45) is -4.01. The van der Waals surface area contributed by atoms with Crippen LogP contribution in [0.3, 0.4) is 0 Å². The van der Waals surface area contributed by atoms with Gasteiger partial charge < -0.3 is 60.4 Å². The molecule has 2 amide bonds. The molecule has 3 unspecified atom stereocenters. The van der Waals surface area contributed by atoms with E-state index in [1.165, 1.54) is 19.9 Å². The Morgan fingerprint density at radius 2 is 1.77 bits per heavy atom. The Morgan fingerprint density at radius 3 is 2.51 bits per heavy atom. The van der Waals surface area contributed by atoms with Gasteiger partial charge in [0.2, 0.25) is 23.7 Å². The number of phosphoric ester groups is 3. The first-order valence-electron chi connectivity index (χ1n) is 17.7. The number of aromatic nitrogens is 4. The minimum absolute atomic E-state index is 0.0255. The molecule has 7 atom stereocenters. The number of anilines is 1. The van der Waals surface area contributed by atoms with Gasteiger partial charge in [-0.3, -0.25) is 32.5 Å². The van der Waals surface area contributed by atoms with Gasteiger partial charge in [0.25, 0.3) is 0 Å². The van der Waals surface area contributed by atoms with Gasteiger partial charge in [-0.15, -0.1) is 0 Å². The molecule has 1 saturated heterocycles. The van der Waals surface area contributed by atoms with Crippen LogP contribution in [0.2, 0.25) is 0 Å². The molecular weight excluding hydrogens is 899 g/mol. The first-order chi connectivity index (χ1) is 28.5. The second kappa shape index (κ2) is 20.1. The molecular formula is C31H42N7O19P3S. The van der Waals surface area contributed by atoms with Gasteiger partial charge in [-0.1, -0.05) is 37.8 Å². The largest absolute Gasteiger partial charge is 0.481 e. The molecule has 2 aliphatic heterocycles. The number of nitrogens with two attached hydrogens (primary N) is 1. The molecule has 26 nitrogen and oxygen atoms in total. The lowest BCUT2D eigenvalue weighted by molar-refractivity contribution is -0.137. The van der Waals surface area contributed by atoms with E-state index in [1.807, 2.05) is 0 Å². The maximum atomic E-state index is 12.7. The van der Waals surface area contributed by atoms with Gasteiger partial charge >= 0.3 is 23.5 Å². The molecule has 0 aliphatic carbocycles. The molecule has 0 radical (unpaired) electrons. The third kappa shape index (κ3) is 13.6. The SMILES string of the molecule is CC(C)(COP(=O)(O)OP(=O)(O)OC[C@H]1O[C@@H](n2cnc3c(N)ncnc32)[C@H](O)[C@@H]1OP(=O)(O)O)C(O)C(=O)NCCC(=O)NCCSC(=O)C=Cc1ccc2c(c1)OCO2. The van der Waals surface area contributed by atoms with E-state index in [0.29, 0.717) is 11.5 Å². The average molecular weight is 942 g/mol. The summed E-state index contributed by atoms with van der Waals surface area (Å²) in [6.45, 7) is 0.493. The average Bonchev–Trinajstić information content (AvgIpc) is 3.90. The molecule has 2 aliphatic rings. The van der Waals surface area contributed by atoms with Crippen LogP contribution in [0.15, 0.2) is 36.9 Å². The lowest BCUT2D eigenvalue weighted by atomic mass is 9.87. The first kappa shape index (κ1) is 48.2. The summed E-state index contributed by atoms with van der Waals surface area (Å²) < 4.78 is 72.8. The molecule has 0 bridgehead atoms. The molecule has 1 fully saturated rings. The Labute approximate surface area is 349 Å². The van der Waals surface area contributed by atoms with Crippen LogP contribution in [0, 0.1) is 5.41 Å². The van der Waals surface area contributed by atoms with Crippen LogP contribution in [-0.4, -0.2) is 130 Å². The number of hydrogen-bond donors (Lipinski definition) is 9. The number of rotatable bonds is 21. The van der Waals surface area contributed by atoms with Crippen molar-refractivity contribution in [1.82, 2.24) is 30.2 Å². The van der Waals surface area contributed by atoms with Crippen molar-refractivity contribution in [2.45, 2.75) is 50.9 Å². The van der Waals surface area contributed by atoms with E-state index < -0.39 is 84.6 Å². The minimum atomic E-state index is -5.58. The van der Waals surface area contributed by atoms with Crippen LogP contribution in [0.4, 0.5) is 5.82 Å². The predicted molar refractivity (Wildman–Crippen MR) is 209 cm³/mol. The molecule has 61 heavy (non-hydrogen) atoms. The van der Waals surface area contributed by atoms with Gasteiger partial charge in [-0.25, -0.2) is 28.6 Å². The zero-order valence-electron chi connectivity index (χ0n) is 32.0. The molecule has 0 saturated carbocycles. The normalized spacial score (nSPS) is 21.6. The van der Waals surface area contributed by atoms with Crippen molar-refractivity contribution < 1.29 is 90.0 Å². The molecule has 5 rings (SSSR count). The summed E-state index contributed by atoms with van der Waals surface area (Å²) in [7, 11) is -16.4. The molecule has 4 heterocycles. The fraction of sp³-hybridized carbons (Fsp3) is 0.484. The number of ether oxygens (including phenoxy) is 3. The summed E-state index contributed by atoms with van der Waals surface area (Å²) in [5.74, 6) is -0.0565. The second-order valence-corrected chi connectivity index (χ2v) is 19.0. The fourth-order valence-electron chi connectivity index (χ4n) is 5.51. The first-order valence-corrected chi connectivity index (χ1v) is 23.2. The Hall–Kier alpha value is -3.88. The highest BCUT2D eigenvalue weighted by atomic mass is 32.2. The summed E-state index contributed by atoms with van der Waals surface area (Å²) in [5, 5.41) is 26.2. The summed E-state index contributed by atoms with van der Waals surface area (Å²) >= 11 is 0.972. The molecule has 1 aromatic carbocycles. The quantitative estimate of drug-likeness (QED) is 0.0389. The lowest BCUT2D eigenvalue weighted by Gasteiger charge is -2.30. The number of carbonyl (C=O) groups excluding carboxylic acids is 3. The number of fused-ring (bicyclic) bond motifs is 2. The third-order valence-corrected chi connectivity index (χ3v) is 12.5. The number of nitrogens with zero attached hydrogens (tertiary/aromatic N) is 4. The maximum absolute atomic E-state index is 12.7. The highest BCUT2D eigenvalue weighted by Gasteiger charge is 2.50. The molecule has 2 aromatic heterocycles. The van der Waals surface area contributed by atoms with Crippen molar-refractivity contribution in [3.05, 3.63) is 42.5 Å². The Morgan fingerprint density at radius 1 is 1.05 bits per heavy atom. The van der Waals surface area contributed by atoms with Gasteiger partial charge in [0.05, 0.1) is 19.5 Å². The number of aliphatic hydroxyl groups excluding tert-OH is 2. The number of hydrogen-bond acceptors (Lipinski definition) is 20. The van der Waals surface area contributed by atoms with Crippen molar-refractivity contribution >= 4 is 75.2 Å². The Kier molecular flexibility index (Phi) is 15.9. The van der Waals surface area contributed by atoms with E-state index in [0.717, 1.165) is 34.5 Å². The van der Waals surface area contributed by atoms with Crippen LogP contribution >= 0.6 is 35.2 Å². The topological polar surface area (TPSA) is 382 Å². The number of benzene rings is 1. The summed E-state index contributed by atoms with van der Waals surface area (Å²) in [6, 6.07) is 5.23. The number of amides is 2. The van der Waals surface area contributed by atoms with Crippen LogP contribution in [-0.2, 0) is 50.7 Å². The number of carbonyl (C=O) groups is 3. The number of nitrogens with one attached hydrogen (secondary N) is 2. The van der Waals surface area contributed by atoms with Crippen molar-refractivity contribution in [2.24, 2.45) is 5.41 Å². The zero-order valence-corrected chi connectivity index (χ0v) is 35.5. The monoisotopic (exact) mass is 941 g/mol. The Bertz CT molecular complexity index is 2260. The smallest absolute Gasteiger partial charge is 0.454 e. The number of nitrogen functional groups attached to an aromatic ring is 1. The highest BCUT2D eigenvalue weighted by Crippen LogP contribution is 2.61. The van der Waals surface area contributed by atoms with Gasteiger partial charge in [-0.2, -0.15) is 4.31 Å². The van der Waals surface area contributed by atoms with E-state index in [9.17, 15) is 57.9 Å². The van der Waals surface area contributed by atoms with E-state index in [1.54, 1.807) is 24.3 Å². The molecule has 0 spiro atoms. The lowest BCUT2D eigenvalue weighted by Crippen LogP contribution is -2.46. The Balaban J connectivity index is 1.02. The number of thioether (sulfide) groups is 1. The van der Waals surface area contributed by atoms with Gasteiger partial charge in [0, 0.05) is 30.7 Å². The van der Waals surface area contributed by atoms with E-state index >= 15 is 0 Å². The molecule has 336 valence electrons. The van der Waals surface area contributed by atoms with Gasteiger partial charge in [0.15, 0.2) is 29.2 Å². The van der Waals surface area contributed by atoms with E-state index in [4.69, 9.17) is 29.0 Å². The second-order valence-electron chi connectivity index (χ2n) is 13.7. The maximum Gasteiger partial charge on any atom is 0.481 e. The zero-order chi connectivity index (χ0) is 44.8.